The van der Waals surface area contributed by atoms with E-state index >= 15 is 0 Å². The van der Waals surface area contributed by atoms with E-state index < -0.39 is 11.5 Å². The summed E-state index contributed by atoms with van der Waals surface area (Å²) >= 11 is 0. The number of aryl methyl sites for hydroxylation is 2. The molecule has 2 N–H and O–H groups in total. The van der Waals surface area contributed by atoms with Crippen LogP contribution in [0.15, 0.2) is 12.1 Å². The predicted molar refractivity (Wildman–Crippen MR) is 73.6 cm³/mol. The zero-order valence-corrected chi connectivity index (χ0v) is 11.6. The maximum atomic E-state index is 12.3. The number of fused-ring (bicyclic) bond motifs is 1. The number of hydrogen-bond donors (Lipinski definition) is 2. The number of carbonyl (C=O) groups excluding carboxylic acids is 1. The van der Waals surface area contributed by atoms with Gasteiger partial charge in [0.2, 0.25) is 0 Å². The molecule has 19 heavy (non-hydrogen) atoms. The Kier molecular flexibility index (Phi) is 3.00. The van der Waals surface area contributed by atoms with Gasteiger partial charge in [0, 0.05) is 0 Å². The number of hydrogen-bond acceptors (Lipinski definition) is 3. The molecule has 0 saturated carbocycles. The number of nitrogens with one attached hydrogen (secondary N) is 1. The van der Waals surface area contributed by atoms with Gasteiger partial charge in [0.15, 0.2) is 0 Å². The van der Waals surface area contributed by atoms with Crippen molar-refractivity contribution >= 4 is 23.3 Å². The Morgan fingerprint density at radius 2 is 1.89 bits per heavy atom. The van der Waals surface area contributed by atoms with Crippen molar-refractivity contribution in [3.8, 4) is 0 Å². The van der Waals surface area contributed by atoms with Crippen molar-refractivity contribution in [2.75, 3.05) is 16.8 Å². The van der Waals surface area contributed by atoms with Crippen LogP contribution in [0, 0.1) is 13.8 Å². The quantitative estimate of drug-likeness (QED) is 0.854. The first-order valence-corrected chi connectivity index (χ1v) is 6.15. The standard InChI is InChI=1S/C14H18N2O3/c1-8-5-10-11(6-9(8)2)16(7-12(17)18)13(19)14(3,4)15-10/h5-6,15H,7H2,1-4H3,(H,17,18). The average molecular weight is 262 g/mol. The number of carboxylic acid groups (broad SMARTS) is 1. The summed E-state index contributed by atoms with van der Waals surface area (Å²) in [4.78, 5) is 24.6. The van der Waals surface area contributed by atoms with Crippen molar-refractivity contribution in [3.63, 3.8) is 0 Å². The number of aliphatic carboxylic acids is 1. The summed E-state index contributed by atoms with van der Waals surface area (Å²) in [5.41, 5.74) is 2.77. The summed E-state index contributed by atoms with van der Waals surface area (Å²) in [7, 11) is 0. The number of rotatable bonds is 2. The number of nitrogens with zero attached hydrogens (tertiary/aromatic N) is 1. The van der Waals surface area contributed by atoms with E-state index in [1.165, 1.54) is 4.90 Å². The van der Waals surface area contributed by atoms with Crippen LogP contribution in [0.2, 0.25) is 0 Å². The van der Waals surface area contributed by atoms with Gasteiger partial charge in [0.1, 0.15) is 12.1 Å². The fraction of sp³-hybridized carbons (Fsp3) is 0.429. The van der Waals surface area contributed by atoms with Crippen molar-refractivity contribution in [1.82, 2.24) is 0 Å². The molecule has 0 fully saturated rings. The van der Waals surface area contributed by atoms with Crippen LogP contribution in [0.3, 0.4) is 0 Å². The van der Waals surface area contributed by atoms with Crippen LogP contribution < -0.4 is 10.2 Å². The minimum Gasteiger partial charge on any atom is -0.480 e. The van der Waals surface area contributed by atoms with E-state index in [9.17, 15) is 9.59 Å². The van der Waals surface area contributed by atoms with Crippen LogP contribution in [-0.2, 0) is 9.59 Å². The summed E-state index contributed by atoms with van der Waals surface area (Å²) in [6.07, 6.45) is 0. The fourth-order valence-corrected chi connectivity index (χ4v) is 2.25. The number of amides is 1. The number of carbonyl (C=O) groups is 2. The Balaban J connectivity index is 2.58. The third-order valence-electron chi connectivity index (χ3n) is 3.42. The number of benzene rings is 1. The zero-order chi connectivity index (χ0) is 14.4. The highest BCUT2D eigenvalue weighted by Gasteiger charge is 2.39. The molecule has 2 rings (SSSR count). The van der Waals surface area contributed by atoms with Crippen molar-refractivity contribution in [2.45, 2.75) is 33.2 Å². The normalized spacial score (nSPS) is 16.8. The number of carboxylic acids is 1. The van der Waals surface area contributed by atoms with Gasteiger partial charge in [-0.3, -0.25) is 14.5 Å². The first kappa shape index (κ1) is 13.4. The molecule has 0 aliphatic carbocycles. The highest BCUT2D eigenvalue weighted by atomic mass is 16.4. The second kappa shape index (κ2) is 4.26. The molecular formula is C14H18N2O3. The molecule has 0 aromatic heterocycles. The van der Waals surface area contributed by atoms with Gasteiger partial charge in [-0.05, 0) is 51.0 Å². The molecule has 102 valence electrons. The van der Waals surface area contributed by atoms with E-state index in [4.69, 9.17) is 5.11 Å². The third kappa shape index (κ3) is 2.28. The first-order chi connectivity index (χ1) is 8.72. The van der Waals surface area contributed by atoms with Crippen molar-refractivity contribution in [3.05, 3.63) is 23.3 Å². The summed E-state index contributed by atoms with van der Waals surface area (Å²) in [5.74, 6) is -1.25. The molecule has 1 aromatic rings. The lowest BCUT2D eigenvalue weighted by Gasteiger charge is -2.39. The molecule has 0 unspecified atom stereocenters. The van der Waals surface area contributed by atoms with Crippen molar-refractivity contribution in [2.24, 2.45) is 0 Å². The van der Waals surface area contributed by atoms with Gasteiger partial charge in [0.25, 0.3) is 5.91 Å². The van der Waals surface area contributed by atoms with Gasteiger partial charge >= 0.3 is 5.97 Å². The lowest BCUT2D eigenvalue weighted by molar-refractivity contribution is -0.137. The second-order valence-electron chi connectivity index (χ2n) is 5.49. The summed E-state index contributed by atoms with van der Waals surface area (Å²) in [5, 5.41) is 12.2. The summed E-state index contributed by atoms with van der Waals surface area (Å²) in [6.45, 7) is 7.12. The highest BCUT2D eigenvalue weighted by molar-refractivity contribution is 6.09. The maximum absolute atomic E-state index is 12.3. The van der Waals surface area contributed by atoms with E-state index in [1.54, 1.807) is 13.8 Å². The summed E-state index contributed by atoms with van der Waals surface area (Å²) in [6, 6.07) is 3.81. The maximum Gasteiger partial charge on any atom is 0.323 e. The Morgan fingerprint density at radius 3 is 2.47 bits per heavy atom. The van der Waals surface area contributed by atoms with Gasteiger partial charge in [-0.15, -0.1) is 0 Å². The van der Waals surface area contributed by atoms with Crippen LogP contribution >= 0.6 is 0 Å². The first-order valence-electron chi connectivity index (χ1n) is 6.15. The predicted octanol–water partition coefficient (Wildman–Crippen LogP) is 1.93. The zero-order valence-electron chi connectivity index (χ0n) is 11.6. The Morgan fingerprint density at radius 1 is 1.32 bits per heavy atom. The van der Waals surface area contributed by atoms with Crippen LogP contribution in [0.5, 0.6) is 0 Å². The van der Waals surface area contributed by atoms with Crippen molar-refractivity contribution in [1.29, 1.82) is 0 Å². The third-order valence-corrected chi connectivity index (χ3v) is 3.42. The van der Waals surface area contributed by atoms with E-state index in [2.05, 4.69) is 5.32 Å². The topological polar surface area (TPSA) is 69.6 Å². The molecule has 0 bridgehead atoms. The van der Waals surface area contributed by atoms with Gasteiger partial charge < -0.3 is 10.4 Å². The lowest BCUT2D eigenvalue weighted by Crippen LogP contribution is -2.55. The Hall–Kier alpha value is -2.04. The van der Waals surface area contributed by atoms with E-state index in [-0.39, 0.29) is 12.5 Å². The Bertz CT molecular complexity index is 564. The van der Waals surface area contributed by atoms with Gasteiger partial charge in [-0.2, -0.15) is 0 Å². The minimum absolute atomic E-state index is 0.231. The summed E-state index contributed by atoms with van der Waals surface area (Å²) < 4.78 is 0. The number of anilines is 2. The molecule has 5 heteroatoms. The largest absolute Gasteiger partial charge is 0.480 e. The molecule has 1 aromatic carbocycles. The monoisotopic (exact) mass is 262 g/mol. The van der Waals surface area contributed by atoms with E-state index in [0.717, 1.165) is 16.8 Å². The minimum atomic E-state index is -1.02. The van der Waals surface area contributed by atoms with Gasteiger partial charge in [-0.25, -0.2) is 0 Å². The van der Waals surface area contributed by atoms with Crippen LogP contribution in [0.4, 0.5) is 11.4 Å². The van der Waals surface area contributed by atoms with Crippen molar-refractivity contribution < 1.29 is 14.7 Å². The molecule has 0 spiro atoms. The van der Waals surface area contributed by atoms with Gasteiger partial charge in [0.05, 0.1) is 11.4 Å². The molecule has 1 heterocycles. The molecule has 5 nitrogen and oxygen atoms in total. The Labute approximate surface area is 112 Å². The molecule has 0 saturated heterocycles. The highest BCUT2D eigenvalue weighted by Crippen LogP contribution is 2.37. The molecule has 1 aliphatic heterocycles. The smallest absolute Gasteiger partial charge is 0.323 e. The van der Waals surface area contributed by atoms with Crippen LogP contribution in [0.25, 0.3) is 0 Å². The molecule has 0 radical (unpaired) electrons. The fourth-order valence-electron chi connectivity index (χ4n) is 2.25. The second-order valence-corrected chi connectivity index (χ2v) is 5.49. The molecule has 1 aliphatic rings. The van der Waals surface area contributed by atoms with Crippen LogP contribution in [-0.4, -0.2) is 29.1 Å². The molecular weight excluding hydrogens is 244 g/mol. The molecule has 1 amide bonds. The van der Waals surface area contributed by atoms with E-state index in [1.807, 2.05) is 26.0 Å². The van der Waals surface area contributed by atoms with Crippen LogP contribution in [0.1, 0.15) is 25.0 Å². The average Bonchev–Trinajstić information content (AvgIpc) is 2.27. The lowest BCUT2D eigenvalue weighted by atomic mass is 9.96. The SMILES string of the molecule is Cc1cc2c(cc1C)N(CC(=O)O)C(=O)C(C)(C)N2. The molecule has 0 atom stereocenters. The van der Waals surface area contributed by atoms with Gasteiger partial charge in [-0.1, -0.05) is 0 Å². The van der Waals surface area contributed by atoms with E-state index in [0.29, 0.717) is 5.69 Å².